The summed E-state index contributed by atoms with van der Waals surface area (Å²) in [7, 11) is 0. The molecule has 0 radical (unpaired) electrons. The summed E-state index contributed by atoms with van der Waals surface area (Å²) in [6.45, 7) is 5.90. The highest BCUT2D eigenvalue weighted by Crippen LogP contribution is 2.35. The van der Waals surface area contributed by atoms with Crippen LogP contribution in [0.25, 0.3) is 22.3 Å². The maximum Gasteiger partial charge on any atom is 0.123 e. The molecule has 0 aliphatic carbocycles. The van der Waals surface area contributed by atoms with Gasteiger partial charge in [-0.1, -0.05) is 56.5 Å². The van der Waals surface area contributed by atoms with Gasteiger partial charge in [0, 0.05) is 11.1 Å². The van der Waals surface area contributed by atoms with Crippen LogP contribution in [-0.2, 0) is 25.7 Å². The summed E-state index contributed by atoms with van der Waals surface area (Å²) in [5, 5.41) is 41.4. The number of aromatic hydroxyl groups is 4. The summed E-state index contributed by atoms with van der Waals surface area (Å²) < 4.78 is 0. The van der Waals surface area contributed by atoms with Crippen molar-refractivity contribution in [2.75, 3.05) is 0 Å². The SMILES string of the molecule is C=CCc1cc(-c2cc(CCCCCCc3cc(-c4cc(CCC)ccc4O)ccc3O)ccc2O)ccc1O. The van der Waals surface area contributed by atoms with Crippen molar-refractivity contribution in [1.29, 1.82) is 0 Å². The van der Waals surface area contributed by atoms with E-state index in [2.05, 4.69) is 13.5 Å². The van der Waals surface area contributed by atoms with E-state index in [9.17, 15) is 20.4 Å². The van der Waals surface area contributed by atoms with Crippen LogP contribution in [0.5, 0.6) is 23.0 Å². The summed E-state index contributed by atoms with van der Waals surface area (Å²) in [5.74, 6) is 1.02. The van der Waals surface area contributed by atoms with Gasteiger partial charge in [-0.3, -0.25) is 0 Å². The van der Waals surface area contributed by atoms with E-state index >= 15 is 0 Å². The van der Waals surface area contributed by atoms with Gasteiger partial charge in [-0.25, -0.2) is 0 Å². The molecule has 0 fully saturated rings. The molecule has 208 valence electrons. The minimum absolute atomic E-state index is 0.228. The summed E-state index contributed by atoms with van der Waals surface area (Å²) in [4.78, 5) is 0. The molecule has 0 saturated carbocycles. The second-order valence-corrected chi connectivity index (χ2v) is 10.5. The van der Waals surface area contributed by atoms with Crippen molar-refractivity contribution < 1.29 is 20.4 Å². The molecular weight excluding hydrogens is 496 g/mol. The lowest BCUT2D eigenvalue weighted by atomic mass is 9.95. The molecule has 0 bridgehead atoms. The highest BCUT2D eigenvalue weighted by molar-refractivity contribution is 5.73. The van der Waals surface area contributed by atoms with E-state index in [0.29, 0.717) is 12.2 Å². The van der Waals surface area contributed by atoms with Crippen molar-refractivity contribution in [3.63, 3.8) is 0 Å². The van der Waals surface area contributed by atoms with Gasteiger partial charge >= 0.3 is 0 Å². The third-order valence-corrected chi connectivity index (χ3v) is 7.47. The lowest BCUT2D eigenvalue weighted by Crippen LogP contribution is -1.92. The predicted octanol–water partition coefficient (Wildman–Crippen LogP) is 8.87. The van der Waals surface area contributed by atoms with Crippen LogP contribution in [0.4, 0.5) is 0 Å². The molecule has 0 aromatic heterocycles. The van der Waals surface area contributed by atoms with Crippen molar-refractivity contribution in [3.8, 4) is 45.3 Å². The number of benzene rings is 4. The number of allylic oxidation sites excluding steroid dienone is 1. The molecule has 4 rings (SSSR count). The first kappa shape index (κ1) is 28.8. The molecular formula is C36H40O4. The first-order valence-electron chi connectivity index (χ1n) is 14.3. The van der Waals surface area contributed by atoms with E-state index in [1.165, 1.54) is 11.1 Å². The number of hydrogen-bond donors (Lipinski definition) is 4. The average Bonchev–Trinajstić information content (AvgIpc) is 2.95. The zero-order valence-electron chi connectivity index (χ0n) is 23.4. The topological polar surface area (TPSA) is 80.9 Å². The molecule has 40 heavy (non-hydrogen) atoms. The molecule has 0 spiro atoms. The Balaban J connectivity index is 1.32. The van der Waals surface area contributed by atoms with Gasteiger partial charge in [0.1, 0.15) is 23.0 Å². The predicted molar refractivity (Wildman–Crippen MR) is 164 cm³/mol. The lowest BCUT2D eigenvalue weighted by molar-refractivity contribution is 0.465. The highest BCUT2D eigenvalue weighted by Gasteiger charge is 2.11. The second kappa shape index (κ2) is 13.7. The second-order valence-electron chi connectivity index (χ2n) is 10.5. The van der Waals surface area contributed by atoms with Gasteiger partial charge in [0.25, 0.3) is 0 Å². The largest absolute Gasteiger partial charge is 0.508 e. The van der Waals surface area contributed by atoms with Gasteiger partial charge in [-0.05, 0) is 120 Å². The van der Waals surface area contributed by atoms with Crippen molar-refractivity contribution >= 4 is 0 Å². The van der Waals surface area contributed by atoms with Gasteiger partial charge < -0.3 is 20.4 Å². The maximum atomic E-state index is 10.5. The first-order chi connectivity index (χ1) is 19.4. The Morgan fingerprint density at radius 2 is 1.05 bits per heavy atom. The molecule has 4 heteroatoms. The van der Waals surface area contributed by atoms with E-state index in [4.69, 9.17) is 0 Å². The van der Waals surface area contributed by atoms with Gasteiger partial charge in [-0.15, -0.1) is 6.58 Å². The van der Waals surface area contributed by atoms with Crippen molar-refractivity contribution in [1.82, 2.24) is 0 Å². The zero-order valence-corrected chi connectivity index (χ0v) is 23.4. The fourth-order valence-electron chi connectivity index (χ4n) is 5.25. The van der Waals surface area contributed by atoms with Crippen molar-refractivity contribution in [2.45, 2.75) is 64.7 Å². The van der Waals surface area contributed by atoms with Crippen molar-refractivity contribution in [2.24, 2.45) is 0 Å². The number of phenols is 4. The molecule has 0 aliphatic heterocycles. The smallest absolute Gasteiger partial charge is 0.123 e. The number of phenolic OH excluding ortho intramolecular Hbond substituents is 4. The zero-order chi connectivity index (χ0) is 28.5. The maximum absolute atomic E-state index is 10.5. The van der Waals surface area contributed by atoms with E-state index in [1.807, 2.05) is 48.5 Å². The molecule has 0 aliphatic rings. The summed E-state index contributed by atoms with van der Waals surface area (Å²) in [6, 6.07) is 22.5. The third kappa shape index (κ3) is 7.26. The van der Waals surface area contributed by atoms with Crippen LogP contribution in [0.1, 0.15) is 61.3 Å². The van der Waals surface area contributed by atoms with Gasteiger partial charge in [0.15, 0.2) is 0 Å². The Hall–Kier alpha value is -4.18. The molecule has 0 atom stereocenters. The number of hydrogen-bond acceptors (Lipinski definition) is 4. The van der Waals surface area contributed by atoms with Crippen LogP contribution in [0.3, 0.4) is 0 Å². The standard InChI is InChI=1S/C36H40O4/c1-3-9-25-13-17-35(39)31(21-25)28-16-20-34(38)30(24-28)12-8-6-5-7-11-26-14-18-36(40)32(22-26)27-15-19-33(37)29(23-27)10-4-2/h4,13-24,37-40H,2-3,5-12H2,1H3. The fourth-order valence-corrected chi connectivity index (χ4v) is 5.25. The summed E-state index contributed by atoms with van der Waals surface area (Å²) >= 11 is 0. The van der Waals surface area contributed by atoms with E-state index in [-0.39, 0.29) is 17.2 Å². The molecule has 0 unspecified atom stereocenters. The van der Waals surface area contributed by atoms with Crippen LogP contribution in [0, 0.1) is 0 Å². The highest BCUT2D eigenvalue weighted by atomic mass is 16.3. The van der Waals surface area contributed by atoms with Gasteiger partial charge in [0.05, 0.1) is 0 Å². The molecule has 4 aromatic rings. The number of aryl methyl sites for hydroxylation is 3. The minimum Gasteiger partial charge on any atom is -0.508 e. The van der Waals surface area contributed by atoms with E-state index in [1.54, 1.807) is 30.3 Å². The lowest BCUT2D eigenvalue weighted by Gasteiger charge is -2.12. The first-order valence-corrected chi connectivity index (χ1v) is 14.3. The number of unbranched alkanes of at least 4 members (excludes halogenated alkanes) is 3. The Morgan fingerprint density at radius 1 is 0.550 bits per heavy atom. The van der Waals surface area contributed by atoms with E-state index in [0.717, 1.165) is 84.7 Å². The van der Waals surface area contributed by atoms with Crippen LogP contribution >= 0.6 is 0 Å². The fraction of sp³-hybridized carbons (Fsp3) is 0.278. The van der Waals surface area contributed by atoms with Crippen molar-refractivity contribution in [3.05, 3.63) is 108 Å². The molecule has 0 saturated heterocycles. The Bertz CT molecular complexity index is 1450. The van der Waals surface area contributed by atoms with Gasteiger partial charge in [-0.2, -0.15) is 0 Å². The molecule has 4 nitrogen and oxygen atoms in total. The van der Waals surface area contributed by atoms with Crippen LogP contribution in [-0.4, -0.2) is 20.4 Å². The van der Waals surface area contributed by atoms with Crippen LogP contribution < -0.4 is 0 Å². The van der Waals surface area contributed by atoms with Crippen LogP contribution in [0.15, 0.2) is 85.5 Å². The quantitative estimate of drug-likeness (QED) is 0.102. The monoisotopic (exact) mass is 536 g/mol. The summed E-state index contributed by atoms with van der Waals surface area (Å²) in [6.07, 6.45) is 10.2. The summed E-state index contributed by atoms with van der Waals surface area (Å²) in [5.41, 5.74) is 7.45. The molecule has 0 heterocycles. The molecule has 4 N–H and O–H groups in total. The average molecular weight is 537 g/mol. The number of rotatable bonds is 13. The molecule has 4 aromatic carbocycles. The normalized spacial score (nSPS) is 11.0. The van der Waals surface area contributed by atoms with Gasteiger partial charge in [0.2, 0.25) is 0 Å². The Labute approximate surface area is 237 Å². The Morgan fingerprint density at radius 3 is 1.62 bits per heavy atom. The van der Waals surface area contributed by atoms with Crippen LogP contribution in [0.2, 0.25) is 0 Å². The van der Waals surface area contributed by atoms with E-state index < -0.39 is 0 Å². The Kier molecular flexibility index (Phi) is 9.91. The third-order valence-electron chi connectivity index (χ3n) is 7.47. The minimum atomic E-state index is 0.228. The molecule has 0 amide bonds.